The summed E-state index contributed by atoms with van der Waals surface area (Å²) in [4.78, 5) is 37.3. The maximum atomic E-state index is 13.1. The molecule has 0 aliphatic carbocycles. The van der Waals surface area contributed by atoms with Crippen LogP contribution in [0.2, 0.25) is 0 Å². The van der Waals surface area contributed by atoms with Crippen molar-refractivity contribution >= 4 is 45.3 Å². The molecule has 9 nitrogen and oxygen atoms in total. The van der Waals surface area contributed by atoms with E-state index in [1.807, 2.05) is 30.3 Å². The van der Waals surface area contributed by atoms with Gasteiger partial charge < -0.3 is 5.32 Å². The highest BCUT2D eigenvalue weighted by atomic mass is 35.5. The molecule has 31 heavy (non-hydrogen) atoms. The Kier molecular flexibility index (Phi) is 5.59. The summed E-state index contributed by atoms with van der Waals surface area (Å²) in [7, 11) is -4.08. The van der Waals surface area contributed by atoms with Crippen molar-refractivity contribution in [3.05, 3.63) is 59.7 Å². The van der Waals surface area contributed by atoms with E-state index in [1.54, 1.807) is 0 Å². The van der Waals surface area contributed by atoms with E-state index in [2.05, 4.69) is 10.6 Å². The lowest BCUT2D eigenvalue weighted by atomic mass is 10.1. The fraction of sp³-hybridized carbons (Fsp3) is 0.250. The number of nitrogens with one attached hydrogen (secondary N) is 2. The van der Waals surface area contributed by atoms with Gasteiger partial charge in [-0.25, -0.2) is 22.3 Å². The van der Waals surface area contributed by atoms with Gasteiger partial charge >= 0.3 is 12.1 Å². The van der Waals surface area contributed by atoms with Crippen molar-refractivity contribution in [1.29, 1.82) is 0 Å². The minimum absolute atomic E-state index is 0.0165. The van der Waals surface area contributed by atoms with E-state index < -0.39 is 34.0 Å². The van der Waals surface area contributed by atoms with Crippen LogP contribution in [0.5, 0.6) is 0 Å². The monoisotopic (exact) mass is 462 g/mol. The number of alkyl halides is 1. The number of hydrogen-bond acceptors (Lipinski definition) is 5. The summed E-state index contributed by atoms with van der Waals surface area (Å²) < 4.78 is 27.1. The number of benzene rings is 2. The molecule has 2 aliphatic heterocycles. The SMILES string of the molecule is O=C(CCl)NC(=O)N1CCc2cc(S(=O)(=O)N3CC(c4ccccc4)NC3=O)ccc21. The van der Waals surface area contributed by atoms with Gasteiger partial charge in [0, 0.05) is 12.2 Å². The lowest BCUT2D eigenvalue weighted by Crippen LogP contribution is -2.42. The largest absolute Gasteiger partial charge is 0.331 e. The van der Waals surface area contributed by atoms with E-state index in [1.165, 1.54) is 23.1 Å². The Bertz CT molecular complexity index is 1160. The maximum Gasteiger partial charge on any atom is 0.331 e. The fourth-order valence-corrected chi connectivity index (χ4v) is 5.16. The average Bonchev–Trinajstić information content (AvgIpc) is 3.37. The summed E-state index contributed by atoms with van der Waals surface area (Å²) in [6.45, 7) is 0.276. The van der Waals surface area contributed by atoms with Crippen LogP contribution in [0.1, 0.15) is 17.2 Å². The Morgan fingerprint density at radius 2 is 1.90 bits per heavy atom. The first-order chi connectivity index (χ1) is 14.8. The standard InChI is InChI=1S/C20H19ClN4O5S/c21-11-18(26)23-19(27)24-9-8-14-10-15(6-7-17(14)24)31(29,30)25-12-16(22-20(25)28)13-4-2-1-3-5-13/h1-7,10,16H,8-9,11-12H2,(H,22,28)(H,23,26,27). The minimum atomic E-state index is -4.08. The predicted octanol–water partition coefficient (Wildman–Crippen LogP) is 1.98. The Labute approximate surface area is 184 Å². The molecule has 0 radical (unpaired) electrons. The number of imide groups is 1. The maximum absolute atomic E-state index is 13.1. The molecule has 0 bridgehead atoms. The van der Waals surface area contributed by atoms with Gasteiger partial charge in [0.15, 0.2) is 0 Å². The van der Waals surface area contributed by atoms with Crippen molar-refractivity contribution in [3.8, 4) is 0 Å². The molecule has 2 aliphatic rings. The highest BCUT2D eigenvalue weighted by molar-refractivity contribution is 7.89. The number of amides is 5. The Hall–Kier alpha value is -3.11. The minimum Gasteiger partial charge on any atom is -0.328 e. The molecule has 2 N–H and O–H groups in total. The number of carbonyl (C=O) groups is 3. The first-order valence-corrected chi connectivity index (χ1v) is 11.5. The molecule has 162 valence electrons. The molecule has 1 fully saturated rings. The molecule has 2 aromatic rings. The van der Waals surface area contributed by atoms with Gasteiger partial charge in [-0.3, -0.25) is 15.0 Å². The Morgan fingerprint density at radius 1 is 1.16 bits per heavy atom. The number of hydrogen-bond donors (Lipinski definition) is 2. The van der Waals surface area contributed by atoms with Gasteiger partial charge in [-0.15, -0.1) is 11.6 Å². The Balaban J connectivity index is 1.56. The van der Waals surface area contributed by atoms with Crippen molar-refractivity contribution < 1.29 is 22.8 Å². The van der Waals surface area contributed by atoms with Gasteiger partial charge in [-0.1, -0.05) is 30.3 Å². The molecular weight excluding hydrogens is 444 g/mol. The zero-order valence-electron chi connectivity index (χ0n) is 16.2. The molecule has 0 saturated carbocycles. The number of sulfonamides is 1. The smallest absolute Gasteiger partial charge is 0.328 e. The number of fused-ring (bicyclic) bond motifs is 1. The second-order valence-electron chi connectivity index (χ2n) is 7.13. The first kappa shape index (κ1) is 21.1. The predicted molar refractivity (Wildman–Crippen MR) is 113 cm³/mol. The van der Waals surface area contributed by atoms with Gasteiger partial charge in [-0.05, 0) is 35.7 Å². The molecule has 11 heteroatoms. The topological polar surface area (TPSA) is 116 Å². The second kappa shape index (κ2) is 8.20. The van der Waals surface area contributed by atoms with Crippen LogP contribution in [0, 0.1) is 0 Å². The lowest BCUT2D eigenvalue weighted by Gasteiger charge is -2.19. The van der Waals surface area contributed by atoms with Crippen LogP contribution in [0.15, 0.2) is 53.4 Å². The number of nitrogens with zero attached hydrogens (tertiary/aromatic N) is 2. The van der Waals surface area contributed by atoms with Crippen molar-refractivity contribution in [2.75, 3.05) is 23.9 Å². The summed E-state index contributed by atoms with van der Waals surface area (Å²) in [5.74, 6) is -0.960. The first-order valence-electron chi connectivity index (χ1n) is 9.49. The molecule has 2 aromatic carbocycles. The summed E-state index contributed by atoms with van der Waals surface area (Å²) in [5.41, 5.74) is 1.95. The molecule has 0 spiro atoms. The van der Waals surface area contributed by atoms with Gasteiger partial charge in [0.2, 0.25) is 5.91 Å². The quantitative estimate of drug-likeness (QED) is 0.674. The van der Waals surface area contributed by atoms with E-state index in [-0.39, 0.29) is 17.3 Å². The van der Waals surface area contributed by atoms with Crippen LogP contribution in [-0.2, 0) is 21.2 Å². The highest BCUT2D eigenvalue weighted by Crippen LogP contribution is 2.32. The number of rotatable bonds is 4. The van der Waals surface area contributed by atoms with Crippen LogP contribution in [0.3, 0.4) is 0 Å². The number of urea groups is 2. The van der Waals surface area contributed by atoms with Crippen LogP contribution in [0.4, 0.5) is 15.3 Å². The summed E-state index contributed by atoms with van der Waals surface area (Å²) in [6, 6.07) is 11.7. The van der Waals surface area contributed by atoms with Crippen LogP contribution in [0.25, 0.3) is 0 Å². The van der Waals surface area contributed by atoms with Crippen molar-refractivity contribution in [3.63, 3.8) is 0 Å². The van der Waals surface area contributed by atoms with Crippen LogP contribution in [-0.4, -0.2) is 49.7 Å². The summed E-state index contributed by atoms with van der Waals surface area (Å²) >= 11 is 5.41. The van der Waals surface area contributed by atoms with E-state index in [0.717, 1.165) is 9.87 Å². The van der Waals surface area contributed by atoms with Crippen molar-refractivity contribution in [1.82, 2.24) is 14.9 Å². The summed E-state index contributed by atoms with van der Waals surface area (Å²) in [5, 5.41) is 4.86. The molecule has 2 heterocycles. The number of halogens is 1. The third-order valence-electron chi connectivity index (χ3n) is 5.22. The Morgan fingerprint density at radius 3 is 2.61 bits per heavy atom. The van der Waals surface area contributed by atoms with E-state index >= 15 is 0 Å². The van der Waals surface area contributed by atoms with Gasteiger partial charge in [-0.2, -0.15) is 0 Å². The van der Waals surface area contributed by atoms with Gasteiger partial charge in [0.25, 0.3) is 10.0 Å². The molecule has 1 saturated heterocycles. The van der Waals surface area contributed by atoms with Gasteiger partial charge in [0.05, 0.1) is 17.5 Å². The third-order valence-corrected chi connectivity index (χ3v) is 7.21. The molecular formula is C20H19ClN4O5S. The van der Waals surface area contributed by atoms with Crippen LogP contribution >= 0.6 is 11.6 Å². The van der Waals surface area contributed by atoms with Crippen molar-refractivity contribution in [2.45, 2.75) is 17.4 Å². The average molecular weight is 463 g/mol. The molecule has 4 rings (SSSR count). The highest BCUT2D eigenvalue weighted by Gasteiger charge is 2.39. The second-order valence-corrected chi connectivity index (χ2v) is 9.26. The molecule has 1 unspecified atom stereocenters. The number of anilines is 1. The fourth-order valence-electron chi connectivity index (χ4n) is 3.69. The normalized spacial score (nSPS) is 18.0. The molecule has 1 atom stereocenters. The van der Waals surface area contributed by atoms with E-state index in [4.69, 9.17) is 11.6 Å². The van der Waals surface area contributed by atoms with Crippen LogP contribution < -0.4 is 15.5 Å². The van der Waals surface area contributed by atoms with Crippen molar-refractivity contribution in [2.24, 2.45) is 0 Å². The molecule has 5 amide bonds. The zero-order valence-corrected chi connectivity index (χ0v) is 17.8. The van der Waals surface area contributed by atoms with E-state index in [9.17, 15) is 22.8 Å². The lowest BCUT2D eigenvalue weighted by molar-refractivity contribution is -0.117. The zero-order chi connectivity index (χ0) is 22.2. The number of carbonyl (C=O) groups excluding carboxylic acids is 3. The molecule has 0 aromatic heterocycles. The summed E-state index contributed by atoms with van der Waals surface area (Å²) in [6.07, 6.45) is 0.417. The van der Waals surface area contributed by atoms with Gasteiger partial charge in [0.1, 0.15) is 5.88 Å². The third kappa shape index (κ3) is 3.96. The van der Waals surface area contributed by atoms with E-state index in [0.29, 0.717) is 24.2 Å².